The lowest BCUT2D eigenvalue weighted by Crippen LogP contribution is -2.27. The molecule has 0 unspecified atom stereocenters. The molecule has 4 nitrogen and oxygen atoms in total. The van der Waals surface area contributed by atoms with E-state index in [0.29, 0.717) is 24.1 Å². The van der Waals surface area contributed by atoms with Crippen LogP contribution in [0.15, 0.2) is 36.4 Å². The number of nitrogens with zero attached hydrogens (tertiary/aromatic N) is 1. The first-order valence-corrected chi connectivity index (χ1v) is 7.12. The molecule has 1 atom stereocenters. The summed E-state index contributed by atoms with van der Waals surface area (Å²) in [6, 6.07) is 12.1. The minimum absolute atomic E-state index is 0.101. The van der Waals surface area contributed by atoms with Gasteiger partial charge in [-0.3, -0.25) is 9.89 Å². The third-order valence-corrected chi connectivity index (χ3v) is 3.78. The normalized spacial score (nSPS) is 15.8. The molecular formula is C16H19N3O. The van der Waals surface area contributed by atoms with Crippen molar-refractivity contribution in [2.45, 2.75) is 31.6 Å². The summed E-state index contributed by atoms with van der Waals surface area (Å²) in [6.07, 6.45) is 2.41. The summed E-state index contributed by atoms with van der Waals surface area (Å²) < 4.78 is 0. The van der Waals surface area contributed by atoms with Crippen LogP contribution in [0.25, 0.3) is 0 Å². The number of amides is 1. The number of benzene rings is 1. The van der Waals surface area contributed by atoms with Gasteiger partial charge in [0, 0.05) is 18.2 Å². The van der Waals surface area contributed by atoms with Crippen LogP contribution in [0.3, 0.4) is 0 Å². The van der Waals surface area contributed by atoms with Crippen LogP contribution < -0.4 is 5.32 Å². The van der Waals surface area contributed by atoms with Gasteiger partial charge in [0.05, 0.1) is 0 Å². The highest BCUT2D eigenvalue weighted by Crippen LogP contribution is 2.38. The van der Waals surface area contributed by atoms with Crippen LogP contribution in [0.5, 0.6) is 0 Å². The van der Waals surface area contributed by atoms with E-state index in [9.17, 15) is 4.79 Å². The Kier molecular flexibility index (Phi) is 3.54. The third-order valence-electron chi connectivity index (χ3n) is 3.78. The fourth-order valence-corrected chi connectivity index (χ4v) is 2.29. The molecule has 1 aliphatic carbocycles. The Balaban J connectivity index is 1.55. The summed E-state index contributed by atoms with van der Waals surface area (Å²) in [6.45, 7) is 2.73. The quantitative estimate of drug-likeness (QED) is 0.877. The number of carbonyl (C=O) groups is 1. The van der Waals surface area contributed by atoms with Crippen molar-refractivity contribution >= 4 is 5.91 Å². The first-order chi connectivity index (χ1) is 9.74. The van der Waals surface area contributed by atoms with Gasteiger partial charge in [0.1, 0.15) is 5.69 Å². The Labute approximate surface area is 118 Å². The number of nitrogens with one attached hydrogen (secondary N) is 2. The van der Waals surface area contributed by atoms with Gasteiger partial charge in [0.2, 0.25) is 0 Å². The first kappa shape index (κ1) is 12.9. The molecule has 104 valence electrons. The molecule has 1 fully saturated rings. The van der Waals surface area contributed by atoms with Crippen molar-refractivity contribution in [2.75, 3.05) is 6.54 Å². The largest absolute Gasteiger partial charge is 0.350 e. The molecule has 2 N–H and O–H groups in total. The van der Waals surface area contributed by atoms with Crippen LogP contribution in [-0.4, -0.2) is 22.6 Å². The van der Waals surface area contributed by atoms with E-state index < -0.39 is 0 Å². The second-order valence-corrected chi connectivity index (χ2v) is 5.50. The van der Waals surface area contributed by atoms with Crippen LogP contribution in [0.4, 0.5) is 0 Å². The number of carbonyl (C=O) groups excluding carboxylic acids is 1. The predicted molar refractivity (Wildman–Crippen MR) is 77.8 cm³/mol. The van der Waals surface area contributed by atoms with Gasteiger partial charge in [-0.15, -0.1) is 0 Å². The molecule has 0 radical (unpaired) electrons. The molecule has 0 spiro atoms. The highest BCUT2D eigenvalue weighted by molar-refractivity contribution is 5.92. The first-order valence-electron chi connectivity index (χ1n) is 7.12. The average Bonchev–Trinajstić information content (AvgIpc) is 3.22. The van der Waals surface area contributed by atoms with E-state index in [-0.39, 0.29) is 5.91 Å². The molecule has 0 saturated heterocycles. The summed E-state index contributed by atoms with van der Waals surface area (Å²) >= 11 is 0. The number of hydrogen-bond donors (Lipinski definition) is 2. The number of H-pyrrole nitrogens is 1. The summed E-state index contributed by atoms with van der Waals surface area (Å²) in [4.78, 5) is 12.0. The molecule has 1 aromatic carbocycles. The zero-order valence-electron chi connectivity index (χ0n) is 11.6. The van der Waals surface area contributed by atoms with Crippen LogP contribution in [0.1, 0.15) is 53.3 Å². The molecule has 1 aliphatic rings. The summed E-state index contributed by atoms with van der Waals surface area (Å²) in [5, 5.41) is 10.00. The Hall–Kier alpha value is -2.10. The predicted octanol–water partition coefficient (Wildman–Crippen LogP) is 2.82. The van der Waals surface area contributed by atoms with Gasteiger partial charge in [-0.1, -0.05) is 37.3 Å². The fraction of sp³-hybridized carbons (Fsp3) is 0.375. The minimum Gasteiger partial charge on any atom is -0.350 e. The lowest BCUT2D eigenvalue weighted by atomic mass is 10.0. The minimum atomic E-state index is -0.101. The summed E-state index contributed by atoms with van der Waals surface area (Å²) in [5.41, 5.74) is 2.81. The van der Waals surface area contributed by atoms with Crippen molar-refractivity contribution in [1.82, 2.24) is 15.5 Å². The van der Waals surface area contributed by atoms with Crippen molar-refractivity contribution in [3.05, 3.63) is 53.3 Å². The second kappa shape index (κ2) is 5.49. The molecule has 0 bridgehead atoms. The molecular weight excluding hydrogens is 250 g/mol. The second-order valence-electron chi connectivity index (χ2n) is 5.50. The Bertz CT molecular complexity index is 587. The van der Waals surface area contributed by atoms with Gasteiger partial charge >= 0.3 is 0 Å². The maximum atomic E-state index is 12.0. The highest BCUT2D eigenvalue weighted by atomic mass is 16.1. The molecule has 20 heavy (non-hydrogen) atoms. The standard InChI is InChI=1S/C16H19N3O/c1-11(12-5-3-2-4-6-12)10-17-16(20)15-9-14(18-19-15)13-7-8-13/h2-6,9,11,13H,7-8,10H2,1H3,(H,17,20)(H,18,19)/t11-/m1/s1. The zero-order chi connectivity index (χ0) is 13.9. The van der Waals surface area contributed by atoms with Crippen LogP contribution in [-0.2, 0) is 0 Å². The Morgan fingerprint density at radius 1 is 1.40 bits per heavy atom. The van der Waals surface area contributed by atoms with Crippen molar-refractivity contribution in [1.29, 1.82) is 0 Å². The maximum Gasteiger partial charge on any atom is 0.271 e. The smallest absolute Gasteiger partial charge is 0.271 e. The lowest BCUT2D eigenvalue weighted by Gasteiger charge is -2.12. The number of rotatable bonds is 5. The molecule has 2 aromatic rings. The highest BCUT2D eigenvalue weighted by Gasteiger charge is 2.26. The van der Waals surface area contributed by atoms with Crippen molar-refractivity contribution < 1.29 is 4.79 Å². The van der Waals surface area contributed by atoms with Crippen molar-refractivity contribution in [3.63, 3.8) is 0 Å². The van der Waals surface area contributed by atoms with E-state index in [2.05, 4.69) is 34.6 Å². The molecule has 0 aliphatic heterocycles. The monoisotopic (exact) mass is 269 g/mol. The SMILES string of the molecule is C[C@H](CNC(=O)c1cc(C2CC2)[nH]n1)c1ccccc1. The van der Waals surface area contributed by atoms with Crippen molar-refractivity contribution in [2.24, 2.45) is 0 Å². The topological polar surface area (TPSA) is 57.8 Å². The van der Waals surface area contributed by atoms with Gasteiger partial charge in [0.15, 0.2) is 0 Å². The lowest BCUT2D eigenvalue weighted by molar-refractivity contribution is 0.0946. The maximum absolute atomic E-state index is 12.0. The van der Waals surface area contributed by atoms with E-state index in [4.69, 9.17) is 0 Å². The molecule has 1 amide bonds. The number of aromatic nitrogens is 2. The van der Waals surface area contributed by atoms with Crippen LogP contribution >= 0.6 is 0 Å². The van der Waals surface area contributed by atoms with Crippen molar-refractivity contribution in [3.8, 4) is 0 Å². The Morgan fingerprint density at radius 3 is 2.85 bits per heavy atom. The zero-order valence-corrected chi connectivity index (χ0v) is 11.6. The van der Waals surface area contributed by atoms with E-state index in [0.717, 1.165) is 5.69 Å². The van der Waals surface area contributed by atoms with Gasteiger partial charge in [-0.05, 0) is 30.4 Å². The van der Waals surface area contributed by atoms with E-state index in [1.54, 1.807) is 0 Å². The summed E-state index contributed by atoms with van der Waals surface area (Å²) in [5.74, 6) is 0.783. The number of hydrogen-bond acceptors (Lipinski definition) is 2. The van der Waals surface area contributed by atoms with Crippen LogP contribution in [0, 0.1) is 0 Å². The van der Waals surface area contributed by atoms with Gasteiger partial charge < -0.3 is 5.32 Å². The van der Waals surface area contributed by atoms with E-state index >= 15 is 0 Å². The third kappa shape index (κ3) is 2.90. The average molecular weight is 269 g/mol. The molecule has 4 heteroatoms. The van der Waals surface area contributed by atoms with Crippen LogP contribution in [0.2, 0.25) is 0 Å². The summed E-state index contributed by atoms with van der Waals surface area (Å²) in [7, 11) is 0. The van der Waals surface area contributed by atoms with Gasteiger partial charge in [0.25, 0.3) is 5.91 Å². The molecule has 1 saturated carbocycles. The van der Waals surface area contributed by atoms with Gasteiger partial charge in [-0.2, -0.15) is 5.10 Å². The molecule has 1 aromatic heterocycles. The van der Waals surface area contributed by atoms with E-state index in [1.807, 2.05) is 24.3 Å². The fourth-order valence-electron chi connectivity index (χ4n) is 2.29. The van der Waals surface area contributed by atoms with Gasteiger partial charge in [-0.25, -0.2) is 0 Å². The molecule has 3 rings (SSSR count). The van der Waals surface area contributed by atoms with E-state index in [1.165, 1.54) is 18.4 Å². The molecule has 1 heterocycles. The Morgan fingerprint density at radius 2 is 2.15 bits per heavy atom. The number of aromatic amines is 1.